The van der Waals surface area contributed by atoms with Gasteiger partial charge in [-0.3, -0.25) is 4.79 Å². The molecule has 1 amide bonds. The Hall–Kier alpha value is -2.24. The molecule has 1 fully saturated rings. The standard InChI is InChI=1S/C15H14F2N2O2/c1-9-7-14(21-18-9)13-3-2-6-19(13)15(20)10-4-5-11(16)12(17)8-10/h4-5,7-8,13H,2-3,6H2,1H3. The Morgan fingerprint density at radius 3 is 2.81 bits per heavy atom. The van der Waals surface area contributed by atoms with E-state index in [-0.39, 0.29) is 17.5 Å². The normalized spacial score (nSPS) is 18.2. The number of rotatable bonds is 2. The van der Waals surface area contributed by atoms with E-state index in [1.54, 1.807) is 11.0 Å². The van der Waals surface area contributed by atoms with Crippen molar-refractivity contribution in [2.24, 2.45) is 0 Å². The molecule has 0 radical (unpaired) electrons. The first-order chi connectivity index (χ1) is 10.1. The van der Waals surface area contributed by atoms with Crippen molar-refractivity contribution < 1.29 is 18.1 Å². The molecule has 1 atom stereocenters. The molecule has 0 spiro atoms. The van der Waals surface area contributed by atoms with Crippen LogP contribution in [0.5, 0.6) is 0 Å². The summed E-state index contributed by atoms with van der Waals surface area (Å²) in [7, 11) is 0. The molecule has 0 aliphatic carbocycles. The molecule has 0 N–H and O–H groups in total. The van der Waals surface area contributed by atoms with E-state index in [1.807, 2.05) is 6.92 Å². The summed E-state index contributed by atoms with van der Waals surface area (Å²) in [5, 5.41) is 3.83. The Balaban J connectivity index is 1.87. The highest BCUT2D eigenvalue weighted by molar-refractivity contribution is 5.94. The molecule has 0 saturated carbocycles. The number of carbonyl (C=O) groups is 1. The summed E-state index contributed by atoms with van der Waals surface area (Å²) in [5.74, 6) is -1.69. The first-order valence-electron chi connectivity index (χ1n) is 6.75. The monoisotopic (exact) mass is 292 g/mol. The quantitative estimate of drug-likeness (QED) is 0.853. The second kappa shape index (κ2) is 5.27. The van der Waals surface area contributed by atoms with Crippen molar-refractivity contribution in [1.82, 2.24) is 10.1 Å². The Morgan fingerprint density at radius 2 is 2.14 bits per heavy atom. The zero-order valence-electron chi connectivity index (χ0n) is 11.5. The van der Waals surface area contributed by atoms with Gasteiger partial charge in [0.2, 0.25) is 0 Å². The van der Waals surface area contributed by atoms with Gasteiger partial charge in [-0.1, -0.05) is 5.16 Å². The molecule has 1 aliphatic heterocycles. The second-order valence-electron chi connectivity index (χ2n) is 5.16. The van der Waals surface area contributed by atoms with Crippen LogP contribution in [0.3, 0.4) is 0 Å². The van der Waals surface area contributed by atoms with Crippen LogP contribution in [0.4, 0.5) is 8.78 Å². The van der Waals surface area contributed by atoms with Crippen molar-refractivity contribution >= 4 is 5.91 Å². The van der Waals surface area contributed by atoms with E-state index < -0.39 is 11.6 Å². The predicted molar refractivity (Wildman–Crippen MR) is 70.6 cm³/mol. The molecular formula is C15H14F2N2O2. The molecule has 1 aliphatic rings. The molecule has 21 heavy (non-hydrogen) atoms. The third-order valence-corrected chi connectivity index (χ3v) is 3.65. The van der Waals surface area contributed by atoms with Crippen LogP contribution in [-0.4, -0.2) is 22.5 Å². The Morgan fingerprint density at radius 1 is 1.33 bits per heavy atom. The molecule has 1 saturated heterocycles. The van der Waals surface area contributed by atoms with Gasteiger partial charge in [-0.25, -0.2) is 8.78 Å². The van der Waals surface area contributed by atoms with Crippen molar-refractivity contribution in [3.63, 3.8) is 0 Å². The van der Waals surface area contributed by atoms with E-state index in [0.717, 1.165) is 30.7 Å². The highest BCUT2D eigenvalue weighted by atomic mass is 19.2. The smallest absolute Gasteiger partial charge is 0.254 e. The van der Waals surface area contributed by atoms with E-state index >= 15 is 0 Å². The van der Waals surface area contributed by atoms with Gasteiger partial charge in [0.05, 0.1) is 11.7 Å². The van der Waals surface area contributed by atoms with Crippen LogP contribution >= 0.6 is 0 Å². The van der Waals surface area contributed by atoms with Crippen molar-refractivity contribution in [2.45, 2.75) is 25.8 Å². The zero-order chi connectivity index (χ0) is 15.0. The van der Waals surface area contributed by atoms with Gasteiger partial charge in [0.25, 0.3) is 5.91 Å². The number of likely N-dealkylation sites (tertiary alicyclic amines) is 1. The molecule has 3 rings (SSSR count). The van der Waals surface area contributed by atoms with Crippen LogP contribution in [-0.2, 0) is 0 Å². The Kier molecular flexibility index (Phi) is 3.45. The van der Waals surface area contributed by atoms with Crippen LogP contribution in [0.25, 0.3) is 0 Å². The number of nitrogens with zero attached hydrogens (tertiary/aromatic N) is 2. The summed E-state index contributed by atoms with van der Waals surface area (Å²) in [4.78, 5) is 14.1. The van der Waals surface area contributed by atoms with E-state index in [9.17, 15) is 13.6 Å². The lowest BCUT2D eigenvalue weighted by molar-refractivity contribution is 0.0714. The van der Waals surface area contributed by atoms with Crippen LogP contribution in [0.2, 0.25) is 0 Å². The average Bonchev–Trinajstić information content (AvgIpc) is 3.09. The molecule has 4 nitrogen and oxygen atoms in total. The number of amides is 1. The van der Waals surface area contributed by atoms with Gasteiger partial charge in [0.15, 0.2) is 17.4 Å². The maximum atomic E-state index is 13.3. The molecular weight excluding hydrogens is 278 g/mol. The molecule has 2 aromatic rings. The Bertz CT molecular complexity index is 684. The summed E-state index contributed by atoms with van der Waals surface area (Å²) in [6.07, 6.45) is 1.60. The summed E-state index contributed by atoms with van der Waals surface area (Å²) >= 11 is 0. The van der Waals surface area contributed by atoms with Gasteiger partial charge in [-0.05, 0) is 38.0 Å². The van der Waals surface area contributed by atoms with E-state index in [4.69, 9.17) is 4.52 Å². The maximum absolute atomic E-state index is 13.3. The van der Waals surface area contributed by atoms with E-state index in [0.29, 0.717) is 12.3 Å². The van der Waals surface area contributed by atoms with Crippen molar-refractivity contribution in [2.75, 3.05) is 6.54 Å². The molecule has 1 aromatic carbocycles. The summed E-state index contributed by atoms with van der Waals surface area (Å²) in [5.41, 5.74) is 0.883. The van der Waals surface area contributed by atoms with E-state index in [1.165, 1.54) is 6.07 Å². The largest absolute Gasteiger partial charge is 0.359 e. The highest BCUT2D eigenvalue weighted by Crippen LogP contribution is 2.33. The third-order valence-electron chi connectivity index (χ3n) is 3.65. The van der Waals surface area contributed by atoms with Crippen LogP contribution in [0.1, 0.15) is 40.7 Å². The lowest BCUT2D eigenvalue weighted by Crippen LogP contribution is -2.30. The number of hydrogen-bond donors (Lipinski definition) is 0. The molecule has 6 heteroatoms. The summed E-state index contributed by atoms with van der Waals surface area (Å²) < 4.78 is 31.5. The maximum Gasteiger partial charge on any atom is 0.254 e. The van der Waals surface area contributed by atoms with Gasteiger partial charge >= 0.3 is 0 Å². The number of carbonyl (C=O) groups excluding carboxylic acids is 1. The number of benzene rings is 1. The number of hydrogen-bond acceptors (Lipinski definition) is 3. The summed E-state index contributed by atoms with van der Waals surface area (Å²) in [6, 6.07) is 4.78. The van der Waals surface area contributed by atoms with Gasteiger partial charge in [0, 0.05) is 18.2 Å². The van der Waals surface area contributed by atoms with Crippen molar-refractivity contribution in [3.8, 4) is 0 Å². The van der Waals surface area contributed by atoms with Crippen molar-refractivity contribution in [3.05, 3.63) is 52.9 Å². The van der Waals surface area contributed by atoms with Crippen LogP contribution in [0.15, 0.2) is 28.8 Å². The number of aromatic nitrogens is 1. The van der Waals surface area contributed by atoms with Crippen LogP contribution < -0.4 is 0 Å². The van der Waals surface area contributed by atoms with E-state index in [2.05, 4.69) is 5.16 Å². The average molecular weight is 292 g/mol. The fourth-order valence-electron chi connectivity index (χ4n) is 2.64. The lowest BCUT2D eigenvalue weighted by Gasteiger charge is -2.22. The lowest BCUT2D eigenvalue weighted by atomic mass is 10.1. The van der Waals surface area contributed by atoms with Gasteiger partial charge < -0.3 is 9.42 Å². The minimum Gasteiger partial charge on any atom is -0.359 e. The van der Waals surface area contributed by atoms with Gasteiger partial charge in [-0.15, -0.1) is 0 Å². The first-order valence-corrected chi connectivity index (χ1v) is 6.75. The first kappa shape index (κ1) is 13.7. The summed E-state index contributed by atoms with van der Waals surface area (Å²) in [6.45, 7) is 2.37. The van der Waals surface area contributed by atoms with Crippen molar-refractivity contribution in [1.29, 1.82) is 0 Å². The third kappa shape index (κ3) is 2.53. The predicted octanol–water partition coefficient (Wildman–Crippen LogP) is 3.24. The minimum absolute atomic E-state index is 0.136. The molecule has 110 valence electrons. The molecule has 1 aromatic heterocycles. The fourth-order valence-corrected chi connectivity index (χ4v) is 2.64. The zero-order valence-corrected chi connectivity index (χ0v) is 11.5. The molecule has 1 unspecified atom stereocenters. The highest BCUT2D eigenvalue weighted by Gasteiger charge is 2.33. The Labute approximate surface area is 120 Å². The molecule has 2 heterocycles. The second-order valence-corrected chi connectivity index (χ2v) is 5.16. The SMILES string of the molecule is Cc1cc(C2CCCN2C(=O)c2ccc(F)c(F)c2)on1. The van der Waals surface area contributed by atoms with Crippen LogP contribution in [0, 0.1) is 18.6 Å². The number of aryl methyl sites for hydroxylation is 1. The minimum atomic E-state index is -1.02. The molecule has 0 bridgehead atoms. The topological polar surface area (TPSA) is 46.3 Å². The van der Waals surface area contributed by atoms with Gasteiger partial charge in [0.1, 0.15) is 0 Å². The van der Waals surface area contributed by atoms with Gasteiger partial charge in [-0.2, -0.15) is 0 Å². The number of halogens is 2. The fraction of sp³-hybridized carbons (Fsp3) is 0.333.